The Morgan fingerprint density at radius 3 is 2.30 bits per heavy atom. The highest BCUT2D eigenvalue weighted by Gasteiger charge is 2.12. The number of esters is 1. The van der Waals surface area contributed by atoms with Crippen molar-refractivity contribution in [3.05, 3.63) is 115 Å². The van der Waals surface area contributed by atoms with E-state index < -0.39 is 17.3 Å². The zero-order valence-corrected chi connectivity index (χ0v) is 21.3. The monoisotopic (exact) mass is 520 g/mol. The molecular formula is C27H25ClN4O5. The van der Waals surface area contributed by atoms with Crippen molar-refractivity contribution in [1.82, 2.24) is 14.1 Å². The molecule has 3 aromatic carbocycles. The van der Waals surface area contributed by atoms with E-state index in [1.807, 2.05) is 19.1 Å². The molecule has 0 saturated carbocycles. The van der Waals surface area contributed by atoms with Crippen molar-refractivity contribution in [1.29, 1.82) is 0 Å². The molecule has 0 spiro atoms. The quantitative estimate of drug-likeness (QED) is 0.368. The molecule has 0 aliphatic rings. The number of aromatic nitrogens is 3. The maximum absolute atomic E-state index is 13.0. The molecule has 0 amide bonds. The van der Waals surface area contributed by atoms with E-state index in [1.54, 1.807) is 61.5 Å². The first-order valence-electron chi connectivity index (χ1n) is 11.5. The lowest BCUT2D eigenvalue weighted by Crippen LogP contribution is -2.49. The fourth-order valence-corrected chi connectivity index (χ4v) is 3.80. The number of hydrogen-bond donors (Lipinski definition) is 1. The zero-order chi connectivity index (χ0) is 26.5. The lowest BCUT2D eigenvalue weighted by atomic mass is 10.1. The van der Waals surface area contributed by atoms with E-state index >= 15 is 0 Å². The number of methoxy groups -OCH3 is 1. The molecule has 4 aromatic rings. The van der Waals surface area contributed by atoms with Crippen LogP contribution in [0.5, 0.6) is 11.5 Å². The summed E-state index contributed by atoms with van der Waals surface area (Å²) in [6.45, 7) is 3.95. The first-order chi connectivity index (χ1) is 17.8. The molecule has 0 bridgehead atoms. The normalized spacial score (nSPS) is 11.4. The van der Waals surface area contributed by atoms with E-state index in [4.69, 9.17) is 21.1 Å². The topological polar surface area (TPSA) is 108 Å². The van der Waals surface area contributed by atoms with Gasteiger partial charge in [0.15, 0.2) is 0 Å². The number of aryl methyl sites for hydroxylation is 1. The molecule has 1 heterocycles. The average molecular weight is 521 g/mol. The zero-order valence-electron chi connectivity index (χ0n) is 20.5. The summed E-state index contributed by atoms with van der Waals surface area (Å²) in [6, 6.07) is 19.0. The van der Waals surface area contributed by atoms with Crippen LogP contribution < -0.4 is 21.7 Å². The van der Waals surface area contributed by atoms with Gasteiger partial charge in [0.05, 0.1) is 24.9 Å². The fraction of sp³-hybridized carbons (Fsp3) is 0.185. The molecule has 0 radical (unpaired) electrons. The highest BCUT2D eigenvalue weighted by atomic mass is 35.5. The van der Waals surface area contributed by atoms with E-state index in [2.05, 4.69) is 9.98 Å². The number of ether oxygens (including phenoxy) is 2. The van der Waals surface area contributed by atoms with Gasteiger partial charge in [-0.05, 0) is 73.5 Å². The highest BCUT2D eigenvalue weighted by Crippen LogP contribution is 2.26. The van der Waals surface area contributed by atoms with E-state index in [9.17, 15) is 14.4 Å². The van der Waals surface area contributed by atoms with Gasteiger partial charge in [0.1, 0.15) is 11.5 Å². The SMILES string of the molecule is CCn1c(=O)[nH]/c(=N\c2ccc(Oc3ccc(C)c(C(=O)OC)c3)cc2)n(Cc2ccc(Cl)cc2)c1=O. The molecular weight excluding hydrogens is 496 g/mol. The number of aromatic amines is 1. The van der Waals surface area contributed by atoms with Gasteiger partial charge in [-0.3, -0.25) is 9.55 Å². The summed E-state index contributed by atoms with van der Waals surface area (Å²) in [5, 5.41) is 0.584. The first-order valence-corrected chi connectivity index (χ1v) is 11.9. The van der Waals surface area contributed by atoms with Crippen molar-refractivity contribution in [3.63, 3.8) is 0 Å². The molecule has 0 aliphatic carbocycles. The molecule has 0 atom stereocenters. The van der Waals surface area contributed by atoms with Crippen LogP contribution in [0.3, 0.4) is 0 Å². The van der Waals surface area contributed by atoms with Crippen molar-refractivity contribution in [2.45, 2.75) is 26.9 Å². The van der Waals surface area contributed by atoms with Gasteiger partial charge in [-0.25, -0.2) is 23.9 Å². The minimum absolute atomic E-state index is 0.115. The molecule has 190 valence electrons. The Balaban J connectivity index is 1.67. The van der Waals surface area contributed by atoms with Crippen LogP contribution >= 0.6 is 11.6 Å². The summed E-state index contributed by atoms with van der Waals surface area (Å²) in [4.78, 5) is 44.7. The van der Waals surface area contributed by atoms with Crippen molar-refractivity contribution in [2.75, 3.05) is 7.11 Å². The number of H-pyrrole nitrogens is 1. The van der Waals surface area contributed by atoms with Crippen LogP contribution in [0.25, 0.3) is 0 Å². The first kappa shape index (κ1) is 25.7. The standard InChI is InChI=1S/C27H25ClN4O5/c1-4-31-26(34)30-25(32(27(31)35)16-18-6-8-19(28)9-7-18)29-20-10-13-21(14-11-20)37-22-12-5-17(2)23(15-22)24(33)36-3/h5-15H,4,16H2,1-3H3,(H,29,30,34). The van der Waals surface area contributed by atoms with Gasteiger partial charge >= 0.3 is 17.3 Å². The minimum atomic E-state index is -0.542. The Labute approximate surface area is 217 Å². The predicted octanol–water partition coefficient (Wildman–Crippen LogP) is 4.18. The Kier molecular flexibility index (Phi) is 7.74. The van der Waals surface area contributed by atoms with Gasteiger partial charge in [0.2, 0.25) is 5.62 Å². The average Bonchev–Trinajstić information content (AvgIpc) is 2.89. The second kappa shape index (κ2) is 11.1. The lowest BCUT2D eigenvalue weighted by Gasteiger charge is -2.10. The lowest BCUT2D eigenvalue weighted by molar-refractivity contribution is 0.0599. The number of carbonyl (C=O) groups excluding carboxylic acids is 1. The predicted molar refractivity (Wildman–Crippen MR) is 140 cm³/mol. The van der Waals surface area contributed by atoms with Gasteiger partial charge in [0.25, 0.3) is 0 Å². The Hall–Kier alpha value is -4.37. The highest BCUT2D eigenvalue weighted by molar-refractivity contribution is 6.30. The van der Waals surface area contributed by atoms with Crippen LogP contribution in [0.15, 0.2) is 81.3 Å². The number of rotatable bonds is 7. The van der Waals surface area contributed by atoms with Crippen LogP contribution in [-0.2, 0) is 17.8 Å². The van der Waals surface area contributed by atoms with Crippen LogP contribution in [-0.4, -0.2) is 27.2 Å². The number of benzene rings is 3. The third-order valence-corrected chi connectivity index (χ3v) is 5.93. The van der Waals surface area contributed by atoms with Crippen LogP contribution in [0.1, 0.15) is 28.4 Å². The number of halogens is 1. The molecule has 4 rings (SSSR count). The summed E-state index contributed by atoms with van der Waals surface area (Å²) in [5.74, 6) is 0.551. The van der Waals surface area contributed by atoms with E-state index in [1.165, 1.54) is 11.7 Å². The second-order valence-corrected chi connectivity index (χ2v) is 8.61. The van der Waals surface area contributed by atoms with Crippen LogP contribution in [0.2, 0.25) is 5.02 Å². The summed E-state index contributed by atoms with van der Waals surface area (Å²) in [5.41, 5.74) is 1.62. The fourth-order valence-electron chi connectivity index (χ4n) is 3.68. The molecule has 0 aliphatic heterocycles. The summed E-state index contributed by atoms with van der Waals surface area (Å²) >= 11 is 5.98. The Bertz CT molecular complexity index is 1620. The largest absolute Gasteiger partial charge is 0.465 e. The third-order valence-electron chi connectivity index (χ3n) is 5.67. The molecule has 10 heteroatoms. The van der Waals surface area contributed by atoms with E-state index in [-0.39, 0.29) is 18.7 Å². The van der Waals surface area contributed by atoms with Gasteiger partial charge in [-0.2, -0.15) is 0 Å². The number of nitrogens with zero attached hydrogens (tertiary/aromatic N) is 3. The molecule has 0 fully saturated rings. The van der Waals surface area contributed by atoms with E-state index in [0.717, 1.165) is 15.7 Å². The molecule has 1 aromatic heterocycles. The van der Waals surface area contributed by atoms with Crippen molar-refractivity contribution >= 4 is 23.3 Å². The molecule has 1 N–H and O–H groups in total. The Morgan fingerprint density at radius 2 is 1.65 bits per heavy atom. The molecule has 9 nitrogen and oxygen atoms in total. The van der Waals surface area contributed by atoms with Gasteiger partial charge < -0.3 is 9.47 Å². The summed E-state index contributed by atoms with van der Waals surface area (Å²) in [7, 11) is 1.33. The summed E-state index contributed by atoms with van der Waals surface area (Å²) in [6.07, 6.45) is 0. The third kappa shape index (κ3) is 5.90. The smallest absolute Gasteiger partial charge is 0.338 e. The number of carbonyl (C=O) groups is 1. The molecule has 37 heavy (non-hydrogen) atoms. The number of nitrogens with one attached hydrogen (secondary N) is 1. The van der Waals surface area contributed by atoms with Crippen LogP contribution in [0.4, 0.5) is 5.69 Å². The maximum Gasteiger partial charge on any atom is 0.338 e. The van der Waals surface area contributed by atoms with Gasteiger partial charge in [-0.1, -0.05) is 29.8 Å². The molecule has 0 saturated heterocycles. The Morgan fingerprint density at radius 1 is 0.973 bits per heavy atom. The number of hydrogen-bond acceptors (Lipinski definition) is 6. The second-order valence-electron chi connectivity index (χ2n) is 8.17. The molecule has 0 unspecified atom stereocenters. The van der Waals surface area contributed by atoms with Gasteiger partial charge in [-0.15, -0.1) is 0 Å². The van der Waals surface area contributed by atoms with Gasteiger partial charge in [0, 0.05) is 11.6 Å². The van der Waals surface area contributed by atoms with E-state index in [0.29, 0.717) is 27.8 Å². The minimum Gasteiger partial charge on any atom is -0.465 e. The van der Waals surface area contributed by atoms with Crippen molar-refractivity contribution in [3.8, 4) is 11.5 Å². The summed E-state index contributed by atoms with van der Waals surface area (Å²) < 4.78 is 13.2. The van der Waals surface area contributed by atoms with Crippen LogP contribution in [0, 0.1) is 6.92 Å². The van der Waals surface area contributed by atoms with Crippen molar-refractivity contribution < 1.29 is 14.3 Å². The van der Waals surface area contributed by atoms with Crippen molar-refractivity contribution in [2.24, 2.45) is 4.99 Å². The maximum atomic E-state index is 13.0.